The minimum absolute atomic E-state index is 0. The second-order valence-corrected chi connectivity index (χ2v) is 21.6. The number of rotatable bonds is 3. The molecule has 6 nitrogen and oxygen atoms in total. The fourth-order valence-electron chi connectivity index (χ4n) is 4.71. The number of benzene rings is 2. The Hall–Kier alpha value is -3.65. The molecule has 0 aliphatic carbocycles. The molecule has 0 saturated heterocycles. The molecular weight excluding hydrogens is 771 g/mol. The monoisotopic (exact) mass is 815 g/mol. The normalized spacial score (nSPS) is 15.4. The fraction of sp³-hybridized carbons (Fsp3) is 0.200. The van der Waals surface area contributed by atoms with E-state index < -0.39 is 33.8 Å². The largest absolute Gasteiger partial charge is 0.486 e. The van der Waals surface area contributed by atoms with Crippen LogP contribution in [0.4, 0.5) is 0 Å². The van der Waals surface area contributed by atoms with Crippen molar-refractivity contribution >= 4 is 50.8 Å². The molecule has 1 radical (unpaired) electrons. The Labute approximate surface area is 281 Å². The molecule has 8 heteroatoms. The van der Waals surface area contributed by atoms with Gasteiger partial charge in [0.1, 0.15) is 0 Å². The quantitative estimate of drug-likeness (QED) is 0.135. The van der Waals surface area contributed by atoms with Gasteiger partial charge in [-0.25, -0.2) is 4.98 Å². The molecule has 2 aromatic carbocycles. The van der Waals surface area contributed by atoms with Gasteiger partial charge in [0.05, 0.1) is 28.6 Å². The Bertz CT molecular complexity index is 2320. The molecule has 0 atom stereocenters. The molecule has 5 heterocycles. The summed E-state index contributed by atoms with van der Waals surface area (Å²) >= 11 is -1.83. The van der Waals surface area contributed by atoms with Gasteiger partial charge in [0, 0.05) is 52.7 Å². The van der Waals surface area contributed by atoms with Crippen molar-refractivity contribution in [3.05, 3.63) is 102 Å². The topological polar surface area (TPSA) is 69.6 Å². The van der Waals surface area contributed by atoms with Crippen LogP contribution in [-0.4, -0.2) is 37.8 Å². The summed E-state index contributed by atoms with van der Waals surface area (Å²) in [5, 5.41) is 0.767. The molecule has 0 saturated carbocycles. The summed E-state index contributed by atoms with van der Waals surface area (Å²) in [5.41, 5.74) is 4.13. The second-order valence-electron chi connectivity index (χ2n) is 11.0. The molecule has 0 fully saturated rings. The van der Waals surface area contributed by atoms with Crippen molar-refractivity contribution in [1.82, 2.24) is 24.5 Å². The second kappa shape index (κ2) is 12.2. The maximum absolute atomic E-state index is 7.95. The van der Waals surface area contributed by atoms with E-state index in [4.69, 9.17) is 16.8 Å². The van der Waals surface area contributed by atoms with E-state index in [0.29, 0.717) is 33.2 Å². The van der Waals surface area contributed by atoms with Gasteiger partial charge >= 0.3 is 110 Å². The van der Waals surface area contributed by atoms with E-state index >= 15 is 0 Å². The Morgan fingerprint density at radius 1 is 0.907 bits per heavy atom. The van der Waals surface area contributed by atoms with Gasteiger partial charge < -0.3 is 8.98 Å². The zero-order chi connectivity index (χ0) is 37.1. The predicted molar refractivity (Wildman–Crippen MR) is 174 cm³/mol. The average Bonchev–Trinajstić information content (AvgIpc) is 3.61. The molecule has 7 rings (SSSR count). The van der Waals surface area contributed by atoms with Crippen LogP contribution in [0.25, 0.3) is 55.7 Å². The molecule has 5 aromatic heterocycles. The summed E-state index contributed by atoms with van der Waals surface area (Å²) in [6.45, 7) is -6.92. The fourth-order valence-corrected chi connectivity index (χ4v) is 6.88. The number of aryl methyl sites for hydroxylation is 4. The number of aromatic nitrogens is 5. The van der Waals surface area contributed by atoms with Gasteiger partial charge in [-0.1, -0.05) is 17.8 Å². The molecule has 0 unspecified atom stereocenters. The summed E-state index contributed by atoms with van der Waals surface area (Å²) in [4.78, 5) is 17.4. The van der Waals surface area contributed by atoms with Crippen LogP contribution in [0.5, 0.6) is 0 Å². The number of nitrogens with zero attached hydrogens (tertiary/aromatic N) is 5. The van der Waals surface area contributed by atoms with Gasteiger partial charge in [-0.3, -0.25) is 9.97 Å². The first kappa shape index (κ1) is 21.1. The smallest absolute Gasteiger partial charge is 0.216 e. The van der Waals surface area contributed by atoms with Crippen LogP contribution in [0.2, 0.25) is 17.3 Å². The van der Waals surface area contributed by atoms with Crippen molar-refractivity contribution < 1.29 is 36.9 Å². The van der Waals surface area contributed by atoms with E-state index in [0.717, 1.165) is 16.8 Å². The molecule has 219 valence electrons. The molecule has 0 spiro atoms. The first-order chi connectivity index (χ1) is 23.7. The van der Waals surface area contributed by atoms with Crippen LogP contribution in [0.3, 0.4) is 0 Å². The molecule has 0 aliphatic heterocycles. The number of pyridine rings is 3. The number of hydrogen-bond acceptors (Lipinski definition) is 5. The minimum atomic E-state index is -2.43. The van der Waals surface area contributed by atoms with Crippen LogP contribution < -0.4 is 4.40 Å². The zero-order valence-corrected chi connectivity index (χ0v) is 28.4. The van der Waals surface area contributed by atoms with E-state index in [1.807, 2.05) is 23.9 Å². The van der Waals surface area contributed by atoms with Gasteiger partial charge in [0.15, 0.2) is 0 Å². The molecular formula is C35H33GeIrN5O-2. The summed E-state index contributed by atoms with van der Waals surface area (Å²) in [5.74, 6) is 7.50. The SMILES string of the molecule is [2H]C([2H])([2H])c1c[c-]c(-c2cc[c]([Ge]([CH3])([CH3])[CH3])cn2)cc1.[2H]C([2H])([2H])c1ccc2c(n1)oc1c(-c3nc4ccncc4n3C)[c-]cc(C([2H])([2H])[2H])c12.[Ir]. The van der Waals surface area contributed by atoms with Gasteiger partial charge in [-0.2, -0.15) is 0 Å². The Morgan fingerprint density at radius 2 is 1.79 bits per heavy atom. The Kier molecular flexibility index (Phi) is 5.97. The minimum Gasteiger partial charge on any atom is -0.486 e. The van der Waals surface area contributed by atoms with E-state index in [-0.39, 0.29) is 42.7 Å². The van der Waals surface area contributed by atoms with Crippen molar-refractivity contribution in [3.8, 4) is 22.6 Å². The van der Waals surface area contributed by atoms with Gasteiger partial charge in [0.25, 0.3) is 0 Å². The van der Waals surface area contributed by atoms with Crippen molar-refractivity contribution in [2.75, 3.05) is 0 Å². The van der Waals surface area contributed by atoms with Crippen LogP contribution in [-0.2, 0) is 27.2 Å². The third kappa shape index (κ3) is 6.07. The molecule has 0 amide bonds. The van der Waals surface area contributed by atoms with Crippen molar-refractivity contribution in [2.24, 2.45) is 7.05 Å². The zero-order valence-electron chi connectivity index (χ0n) is 32.9. The molecule has 43 heavy (non-hydrogen) atoms. The number of furan rings is 1. The van der Waals surface area contributed by atoms with E-state index in [1.165, 1.54) is 28.7 Å². The third-order valence-electron chi connectivity index (χ3n) is 7.04. The van der Waals surface area contributed by atoms with Crippen LogP contribution >= 0.6 is 0 Å². The Balaban J connectivity index is 0.000000217. The molecule has 0 N–H and O–H groups in total. The van der Waals surface area contributed by atoms with Gasteiger partial charge in [0.2, 0.25) is 5.71 Å². The average molecular weight is 814 g/mol. The van der Waals surface area contributed by atoms with Crippen LogP contribution in [0.1, 0.15) is 29.2 Å². The van der Waals surface area contributed by atoms with E-state index in [2.05, 4.69) is 55.4 Å². The molecule has 7 aromatic rings. The predicted octanol–water partition coefficient (Wildman–Crippen LogP) is 7.75. The third-order valence-corrected chi connectivity index (χ3v) is 11.3. The first-order valence-corrected chi connectivity index (χ1v) is 20.6. The summed E-state index contributed by atoms with van der Waals surface area (Å²) < 4.78 is 77.8. The molecule has 0 bridgehead atoms. The number of imidazole rings is 1. The van der Waals surface area contributed by atoms with Crippen molar-refractivity contribution in [3.63, 3.8) is 0 Å². The van der Waals surface area contributed by atoms with Crippen molar-refractivity contribution in [1.29, 1.82) is 0 Å². The number of fused-ring (bicyclic) bond motifs is 4. The van der Waals surface area contributed by atoms with E-state index in [9.17, 15) is 0 Å². The van der Waals surface area contributed by atoms with Gasteiger partial charge in [-0.05, 0) is 25.1 Å². The van der Waals surface area contributed by atoms with Crippen LogP contribution in [0.15, 0.2) is 77.6 Å². The van der Waals surface area contributed by atoms with Crippen molar-refractivity contribution in [2.45, 2.75) is 37.8 Å². The summed E-state index contributed by atoms with van der Waals surface area (Å²) in [6.07, 6.45) is 5.26. The maximum atomic E-state index is 7.95. The summed E-state index contributed by atoms with van der Waals surface area (Å²) in [7, 11) is 1.82. The van der Waals surface area contributed by atoms with Crippen LogP contribution in [0, 0.1) is 32.7 Å². The standard InChI is InChI=1S/C20H15N4O.C15H18GeN.Ir/c1-11-4-6-14(19-23-15-8-9-21-10-16(15)24(19)3)18-17(11)13-7-5-12(2)22-20(13)25-18;1-12-5-7-13(8-6-12)15-10-9-14(11-17-15)16(2,3)4;/h4-5,7-10H,1-3H3;5-7,9-11H,1-4H3;/q2*-1;/i1D3,2D3;1D3;. The molecule has 0 aliphatic rings. The number of hydrogen-bond donors (Lipinski definition) is 0. The first-order valence-electron chi connectivity index (χ1n) is 17.8. The van der Waals surface area contributed by atoms with E-state index in [1.54, 1.807) is 30.6 Å². The maximum Gasteiger partial charge on any atom is 0.216 e. The summed E-state index contributed by atoms with van der Waals surface area (Å²) in [6, 6.07) is 21.2. The Morgan fingerprint density at radius 3 is 2.47 bits per heavy atom. The van der Waals surface area contributed by atoms with Gasteiger partial charge in [-0.15, -0.1) is 17.7 Å².